The fourth-order valence-corrected chi connectivity index (χ4v) is 0. The average molecular weight is 120 g/mol. The lowest BCUT2D eigenvalue weighted by Crippen LogP contribution is -2.00. The summed E-state index contributed by atoms with van der Waals surface area (Å²) in [6.45, 7) is 0. The Kier molecular flexibility index (Phi) is 2.61. The molecule has 2 nitrogen and oxygen atoms in total. The van der Waals surface area contributed by atoms with Crippen LogP contribution in [0.4, 0.5) is 0 Å². The summed E-state index contributed by atoms with van der Waals surface area (Å²) < 4.78 is 19.3. The van der Waals surface area contributed by atoms with Crippen LogP contribution in [-0.4, -0.2) is 26.4 Å². The molecule has 0 atom stereocenters. The SMILES string of the molecule is O=[SiH][Si](=O)[SiH3]. The summed E-state index contributed by atoms with van der Waals surface area (Å²) in [7, 11) is -1.73. The van der Waals surface area contributed by atoms with Crippen LogP contribution in [-0.2, 0) is 8.92 Å². The van der Waals surface area contributed by atoms with Crippen molar-refractivity contribution >= 4 is 26.4 Å². The van der Waals surface area contributed by atoms with Gasteiger partial charge in [0, 0.05) is 0 Å². The van der Waals surface area contributed by atoms with Gasteiger partial charge in [-0.3, -0.25) is 0 Å². The van der Waals surface area contributed by atoms with E-state index >= 15 is 0 Å². The van der Waals surface area contributed by atoms with Gasteiger partial charge in [-0.2, -0.15) is 0 Å². The van der Waals surface area contributed by atoms with Crippen molar-refractivity contribution in [1.29, 1.82) is 0 Å². The van der Waals surface area contributed by atoms with Crippen LogP contribution in [0.3, 0.4) is 0 Å². The quantitative estimate of drug-likeness (QED) is 0.360. The largest absolute Gasteiger partial charge is 0.390 e. The molecule has 0 radical (unpaired) electrons. The molecule has 0 aromatic heterocycles. The fourth-order valence-electron chi connectivity index (χ4n) is 0. The van der Waals surface area contributed by atoms with Crippen LogP contribution in [0.1, 0.15) is 0 Å². The molecule has 0 spiro atoms. The Morgan fingerprint density at radius 2 is 2.00 bits per heavy atom. The first-order valence-corrected chi connectivity index (χ1v) is 8.42. The summed E-state index contributed by atoms with van der Waals surface area (Å²) in [6.07, 6.45) is 0. The summed E-state index contributed by atoms with van der Waals surface area (Å²) >= 11 is 0. The van der Waals surface area contributed by atoms with E-state index < -0.39 is 16.6 Å². The van der Waals surface area contributed by atoms with Gasteiger partial charge in [0.2, 0.25) is 0 Å². The lowest BCUT2D eigenvalue weighted by Gasteiger charge is -1.51. The molecule has 0 unspecified atom stereocenters. The van der Waals surface area contributed by atoms with Gasteiger partial charge in [-0.25, -0.2) is 0 Å². The van der Waals surface area contributed by atoms with Gasteiger partial charge >= 0.3 is 8.92 Å². The van der Waals surface area contributed by atoms with Gasteiger partial charge in [0.15, 0.2) is 0 Å². The smallest absolute Gasteiger partial charge is 0.306 e. The van der Waals surface area contributed by atoms with E-state index in [0.717, 1.165) is 0 Å². The molecule has 0 heterocycles. The molecule has 0 aromatic carbocycles. The van der Waals surface area contributed by atoms with Crippen LogP contribution < -0.4 is 0 Å². The Hall–Kier alpha value is 0.251. The molecule has 0 saturated carbocycles. The third-order valence-corrected chi connectivity index (χ3v) is 3.61. The standard InChI is InChI=1S/H4O2Si3/c1-4-5(2)3/h4H,3H3. The van der Waals surface area contributed by atoms with Crippen molar-refractivity contribution in [2.45, 2.75) is 0 Å². The first-order chi connectivity index (χ1) is 2.27. The second kappa shape index (κ2) is 2.49. The topological polar surface area (TPSA) is 34.1 Å². The monoisotopic (exact) mass is 120 g/mol. The minimum atomic E-state index is -1.46. The summed E-state index contributed by atoms with van der Waals surface area (Å²) in [5.41, 5.74) is 0. The van der Waals surface area contributed by atoms with Crippen molar-refractivity contribution in [3.63, 3.8) is 0 Å². The maximum Gasteiger partial charge on any atom is 0.306 e. The van der Waals surface area contributed by atoms with Gasteiger partial charge in [-0.05, 0) is 0 Å². The highest BCUT2D eigenvalue weighted by molar-refractivity contribution is 7.23. The van der Waals surface area contributed by atoms with E-state index in [-0.39, 0.29) is 0 Å². The van der Waals surface area contributed by atoms with Crippen molar-refractivity contribution in [2.75, 3.05) is 0 Å². The van der Waals surface area contributed by atoms with Crippen LogP contribution in [0, 0.1) is 0 Å². The van der Waals surface area contributed by atoms with E-state index in [1.807, 2.05) is 0 Å². The van der Waals surface area contributed by atoms with Crippen LogP contribution in [0.25, 0.3) is 0 Å². The molecule has 0 amide bonds. The predicted octanol–water partition coefficient (Wildman–Crippen LogP) is -2.45. The molecule has 0 saturated heterocycles. The van der Waals surface area contributed by atoms with Gasteiger partial charge in [0.1, 0.15) is 0 Å². The maximum absolute atomic E-state index is 9.78. The van der Waals surface area contributed by atoms with E-state index in [2.05, 4.69) is 0 Å². The molecule has 0 aliphatic rings. The van der Waals surface area contributed by atoms with Crippen molar-refractivity contribution < 1.29 is 8.92 Å². The average Bonchev–Trinajstić information content (AvgIpc) is 1.38. The molecule has 28 valence electrons. The molecule has 5 heavy (non-hydrogen) atoms. The van der Waals surface area contributed by atoms with E-state index in [0.29, 0.717) is 9.76 Å². The van der Waals surface area contributed by atoms with E-state index in [1.54, 1.807) is 0 Å². The zero-order chi connectivity index (χ0) is 4.28. The number of hydrogen-bond donors (Lipinski definition) is 0. The normalized spacial score (nSPS) is 7.20. The van der Waals surface area contributed by atoms with E-state index in [4.69, 9.17) is 0 Å². The van der Waals surface area contributed by atoms with Crippen LogP contribution in [0.5, 0.6) is 0 Å². The van der Waals surface area contributed by atoms with Gasteiger partial charge in [-0.15, -0.1) is 0 Å². The van der Waals surface area contributed by atoms with Gasteiger partial charge in [0.25, 0.3) is 7.72 Å². The Bertz CT molecular complexity index is 55.9. The zero-order valence-corrected chi connectivity index (χ0v) is 7.05. The Morgan fingerprint density at radius 3 is 2.00 bits per heavy atom. The highest BCUT2D eigenvalue weighted by atomic mass is 29.5. The number of rotatable bonds is 1. The Morgan fingerprint density at radius 1 is 1.80 bits per heavy atom. The lowest BCUT2D eigenvalue weighted by atomic mass is 16.0. The first kappa shape index (κ1) is 5.25. The maximum atomic E-state index is 9.78. The molecule has 0 rings (SSSR count). The molecule has 0 aromatic rings. The predicted molar refractivity (Wildman–Crippen MR) is 24.2 cm³/mol. The zero-order valence-electron chi connectivity index (χ0n) is 2.89. The van der Waals surface area contributed by atoms with Crippen LogP contribution in [0.15, 0.2) is 0 Å². The summed E-state index contributed by atoms with van der Waals surface area (Å²) in [4.78, 5) is 0. The Balaban J connectivity index is 3.20. The van der Waals surface area contributed by atoms with Crippen LogP contribution >= 0.6 is 0 Å². The third-order valence-electron chi connectivity index (χ3n) is 0.166. The van der Waals surface area contributed by atoms with Crippen molar-refractivity contribution in [1.82, 2.24) is 0 Å². The highest BCUT2D eigenvalue weighted by Gasteiger charge is 1.84. The molecule has 5 heteroatoms. The van der Waals surface area contributed by atoms with Crippen molar-refractivity contribution in [2.24, 2.45) is 0 Å². The second-order valence-corrected chi connectivity index (χ2v) is 11.8. The molecule has 0 aliphatic carbocycles. The van der Waals surface area contributed by atoms with Gasteiger partial charge in [-0.1, -0.05) is 0 Å². The second-order valence-electron chi connectivity index (χ2n) is 0.729. The number of hydrogen-bond acceptors (Lipinski definition) is 2. The molecule has 0 N–H and O–H groups in total. The minimum absolute atomic E-state index is 0.640. The lowest BCUT2D eigenvalue weighted by molar-refractivity contribution is 0.564. The summed E-state index contributed by atoms with van der Waals surface area (Å²) in [5.74, 6) is 0. The third kappa shape index (κ3) is 4.25. The highest BCUT2D eigenvalue weighted by Crippen LogP contribution is 1.31. The van der Waals surface area contributed by atoms with E-state index in [9.17, 15) is 8.92 Å². The van der Waals surface area contributed by atoms with Crippen molar-refractivity contribution in [3.05, 3.63) is 0 Å². The molecule has 0 aliphatic heterocycles. The molecular formula is H4O2Si3. The molecule has 0 bridgehead atoms. The van der Waals surface area contributed by atoms with Crippen molar-refractivity contribution in [3.8, 4) is 0 Å². The summed E-state index contributed by atoms with van der Waals surface area (Å²) in [5, 5.41) is 0. The molecule has 0 fully saturated rings. The molecular weight excluding hydrogens is 116 g/mol. The van der Waals surface area contributed by atoms with E-state index in [1.165, 1.54) is 0 Å². The Labute approximate surface area is 36.1 Å². The van der Waals surface area contributed by atoms with Crippen LogP contribution in [0.2, 0.25) is 0 Å². The van der Waals surface area contributed by atoms with Gasteiger partial charge < -0.3 is 8.92 Å². The first-order valence-electron chi connectivity index (χ1n) is 1.23. The summed E-state index contributed by atoms with van der Waals surface area (Å²) in [6, 6.07) is 0. The minimum Gasteiger partial charge on any atom is -0.390 e. The fraction of sp³-hybridized carbons (Fsp3) is 0. The van der Waals surface area contributed by atoms with Gasteiger partial charge in [0.05, 0.1) is 9.76 Å².